The molecule has 3 aromatic rings. The van der Waals surface area contributed by atoms with Gasteiger partial charge in [0.05, 0.1) is 0 Å². The van der Waals surface area contributed by atoms with Crippen LogP contribution in [0.15, 0.2) is 84.9 Å². The molecular weight excluding hydrogens is 378 g/mol. The number of hydrogen-bond acceptors (Lipinski definition) is 3. The highest BCUT2D eigenvalue weighted by molar-refractivity contribution is 6.09. The summed E-state index contributed by atoms with van der Waals surface area (Å²) in [5, 5.41) is 3.51. The van der Waals surface area contributed by atoms with E-state index < -0.39 is 23.4 Å². The molecule has 2 N–H and O–H groups in total. The summed E-state index contributed by atoms with van der Waals surface area (Å²) in [7, 11) is 0. The zero-order valence-electron chi connectivity index (χ0n) is 16.5. The third-order valence-electron chi connectivity index (χ3n) is 5.36. The fourth-order valence-electron chi connectivity index (χ4n) is 3.65. The van der Waals surface area contributed by atoms with Crippen LogP contribution in [-0.2, 0) is 10.3 Å². The normalized spacial score (nSPS) is 18.2. The molecule has 0 unspecified atom stereocenters. The van der Waals surface area contributed by atoms with Crippen LogP contribution in [0.3, 0.4) is 0 Å². The van der Waals surface area contributed by atoms with Crippen LogP contribution in [0.5, 0.6) is 0 Å². The van der Waals surface area contributed by atoms with Crippen molar-refractivity contribution in [1.29, 1.82) is 0 Å². The molecule has 1 atom stereocenters. The molecular formula is C24H21N3O3. The second-order valence-electron chi connectivity index (χ2n) is 7.08. The zero-order chi connectivity index (χ0) is 21.1. The Morgan fingerprint density at radius 3 is 2.03 bits per heavy atom. The number of nitrogens with zero attached hydrogens (tertiary/aromatic N) is 1. The number of carbonyl (C=O) groups is 3. The van der Waals surface area contributed by atoms with E-state index in [4.69, 9.17) is 0 Å². The predicted molar refractivity (Wildman–Crippen MR) is 113 cm³/mol. The van der Waals surface area contributed by atoms with Crippen molar-refractivity contribution in [3.05, 3.63) is 96.1 Å². The van der Waals surface area contributed by atoms with Crippen molar-refractivity contribution >= 4 is 17.8 Å². The van der Waals surface area contributed by atoms with Gasteiger partial charge in [0.15, 0.2) is 0 Å². The summed E-state index contributed by atoms with van der Waals surface area (Å²) in [6.07, 6.45) is 0.361. The number of hydrogen-bond donors (Lipinski definition) is 2. The molecule has 0 radical (unpaired) electrons. The third-order valence-corrected chi connectivity index (χ3v) is 5.36. The smallest absolute Gasteiger partial charge is 0.318 e. The van der Waals surface area contributed by atoms with Crippen LogP contribution < -0.4 is 10.7 Å². The Kier molecular flexibility index (Phi) is 5.06. The van der Waals surface area contributed by atoms with Crippen molar-refractivity contribution in [3.63, 3.8) is 0 Å². The summed E-state index contributed by atoms with van der Waals surface area (Å²) < 4.78 is 0. The van der Waals surface area contributed by atoms with Crippen LogP contribution in [0.4, 0.5) is 4.79 Å². The molecule has 0 saturated carbocycles. The lowest BCUT2D eigenvalue weighted by atomic mass is 9.87. The van der Waals surface area contributed by atoms with Gasteiger partial charge in [-0.2, -0.15) is 5.01 Å². The maximum atomic E-state index is 13.1. The van der Waals surface area contributed by atoms with Crippen molar-refractivity contribution in [2.45, 2.75) is 18.9 Å². The Morgan fingerprint density at radius 2 is 1.43 bits per heavy atom. The highest BCUT2D eigenvalue weighted by atomic mass is 16.2. The van der Waals surface area contributed by atoms with Gasteiger partial charge in [0, 0.05) is 5.56 Å². The average Bonchev–Trinajstić information content (AvgIpc) is 3.05. The fourth-order valence-corrected chi connectivity index (χ4v) is 3.65. The molecule has 4 rings (SSSR count). The molecule has 6 heteroatoms. The minimum absolute atomic E-state index is 0.351. The lowest BCUT2D eigenvalue weighted by Gasteiger charge is -2.25. The van der Waals surface area contributed by atoms with Crippen LogP contribution >= 0.6 is 0 Å². The standard InChI is InChI=1S/C24H21N3O3/c1-2-24(20-11-7-4-8-12-20)22(29)27(23(30)25-24)26-21(28)19-15-13-18(14-16-19)17-9-5-3-6-10-17/h3-16H,2H2,1H3,(H,25,30)(H,26,28)/t24-/m0/s1. The highest BCUT2D eigenvalue weighted by Crippen LogP contribution is 2.31. The summed E-state index contributed by atoms with van der Waals surface area (Å²) in [6.45, 7) is 1.82. The number of benzene rings is 3. The van der Waals surface area contributed by atoms with E-state index in [2.05, 4.69) is 10.7 Å². The van der Waals surface area contributed by atoms with Gasteiger partial charge in [0.25, 0.3) is 11.8 Å². The van der Waals surface area contributed by atoms with Gasteiger partial charge >= 0.3 is 6.03 Å². The van der Waals surface area contributed by atoms with Crippen LogP contribution in [0, 0.1) is 0 Å². The molecule has 6 nitrogen and oxygen atoms in total. The van der Waals surface area contributed by atoms with Crippen LogP contribution in [0.25, 0.3) is 11.1 Å². The van der Waals surface area contributed by atoms with E-state index in [9.17, 15) is 14.4 Å². The van der Waals surface area contributed by atoms with E-state index in [1.807, 2.05) is 67.6 Å². The maximum Gasteiger partial charge on any atom is 0.344 e. The van der Waals surface area contributed by atoms with Crippen LogP contribution in [0.1, 0.15) is 29.3 Å². The first-order valence-corrected chi connectivity index (χ1v) is 9.74. The van der Waals surface area contributed by atoms with Crippen molar-refractivity contribution in [3.8, 4) is 11.1 Å². The maximum absolute atomic E-state index is 13.1. The molecule has 4 amide bonds. The zero-order valence-corrected chi connectivity index (χ0v) is 16.5. The first-order chi connectivity index (χ1) is 14.5. The van der Waals surface area contributed by atoms with Crippen molar-refractivity contribution in [1.82, 2.24) is 15.8 Å². The molecule has 1 aliphatic heterocycles. The van der Waals surface area contributed by atoms with E-state index in [1.165, 1.54) is 0 Å². The minimum Gasteiger partial charge on any atom is -0.318 e. The number of imide groups is 1. The monoisotopic (exact) mass is 399 g/mol. The second-order valence-corrected chi connectivity index (χ2v) is 7.08. The molecule has 1 aliphatic rings. The van der Waals surface area contributed by atoms with Crippen molar-refractivity contribution in [2.75, 3.05) is 0 Å². The molecule has 30 heavy (non-hydrogen) atoms. The van der Waals surface area contributed by atoms with Gasteiger partial charge in [-0.25, -0.2) is 4.79 Å². The van der Waals surface area contributed by atoms with Gasteiger partial charge in [0.1, 0.15) is 5.54 Å². The van der Waals surface area contributed by atoms with E-state index >= 15 is 0 Å². The van der Waals surface area contributed by atoms with E-state index in [1.54, 1.807) is 24.3 Å². The Morgan fingerprint density at radius 1 is 0.867 bits per heavy atom. The molecule has 0 bridgehead atoms. The highest BCUT2D eigenvalue weighted by Gasteiger charge is 2.52. The quantitative estimate of drug-likeness (QED) is 0.640. The number of nitrogens with one attached hydrogen (secondary N) is 2. The summed E-state index contributed by atoms with van der Waals surface area (Å²) in [6, 6.07) is 25.2. The number of rotatable bonds is 5. The Balaban J connectivity index is 1.53. The minimum atomic E-state index is -1.19. The number of hydrazine groups is 1. The fraction of sp³-hybridized carbons (Fsp3) is 0.125. The Hall–Kier alpha value is -3.93. The van der Waals surface area contributed by atoms with E-state index in [0.717, 1.165) is 16.1 Å². The molecule has 3 aromatic carbocycles. The summed E-state index contributed by atoms with van der Waals surface area (Å²) >= 11 is 0. The Bertz CT molecular complexity index is 1080. The van der Waals surface area contributed by atoms with E-state index in [0.29, 0.717) is 17.5 Å². The third kappa shape index (κ3) is 3.33. The summed E-state index contributed by atoms with van der Waals surface area (Å²) in [5.41, 5.74) is 4.29. The molecule has 1 fully saturated rings. The van der Waals surface area contributed by atoms with Gasteiger partial charge in [-0.3, -0.25) is 15.0 Å². The van der Waals surface area contributed by atoms with Crippen molar-refractivity contribution < 1.29 is 14.4 Å². The second kappa shape index (κ2) is 7.83. The first kappa shape index (κ1) is 19.4. The number of carbonyl (C=O) groups excluding carboxylic acids is 3. The summed E-state index contributed by atoms with van der Waals surface area (Å²) in [5.74, 6) is -1.03. The molecule has 0 spiro atoms. The molecule has 150 valence electrons. The lowest BCUT2D eigenvalue weighted by Crippen LogP contribution is -2.48. The van der Waals surface area contributed by atoms with E-state index in [-0.39, 0.29) is 0 Å². The van der Waals surface area contributed by atoms with Gasteiger partial charge in [0.2, 0.25) is 0 Å². The summed E-state index contributed by atoms with van der Waals surface area (Å²) in [4.78, 5) is 38.3. The molecule has 0 aliphatic carbocycles. The Labute approximate surface area is 174 Å². The molecule has 1 heterocycles. The van der Waals surface area contributed by atoms with Crippen LogP contribution in [0.2, 0.25) is 0 Å². The lowest BCUT2D eigenvalue weighted by molar-refractivity contribution is -0.133. The van der Waals surface area contributed by atoms with Crippen LogP contribution in [-0.4, -0.2) is 22.9 Å². The molecule has 1 saturated heterocycles. The van der Waals surface area contributed by atoms with Crippen molar-refractivity contribution in [2.24, 2.45) is 0 Å². The average molecular weight is 399 g/mol. The topological polar surface area (TPSA) is 78.5 Å². The predicted octanol–water partition coefficient (Wildman–Crippen LogP) is 3.86. The number of amides is 4. The van der Waals surface area contributed by atoms with Gasteiger partial charge < -0.3 is 5.32 Å². The molecule has 0 aromatic heterocycles. The van der Waals surface area contributed by atoms with Gasteiger partial charge in [-0.05, 0) is 35.2 Å². The largest absolute Gasteiger partial charge is 0.344 e. The first-order valence-electron chi connectivity index (χ1n) is 9.74. The SMILES string of the molecule is CC[C@@]1(c2ccccc2)NC(=O)N(NC(=O)c2ccc(-c3ccccc3)cc2)C1=O. The van der Waals surface area contributed by atoms with Gasteiger partial charge in [-0.1, -0.05) is 79.7 Å². The number of urea groups is 1. The van der Waals surface area contributed by atoms with Gasteiger partial charge in [-0.15, -0.1) is 0 Å².